The second-order valence-corrected chi connectivity index (χ2v) is 5.10. The molecule has 0 spiro atoms. The van der Waals surface area contributed by atoms with Gasteiger partial charge in [-0.3, -0.25) is 4.90 Å². The van der Waals surface area contributed by atoms with Crippen LogP contribution in [0.1, 0.15) is 38.4 Å². The van der Waals surface area contributed by atoms with E-state index in [0.29, 0.717) is 13.0 Å². The lowest BCUT2D eigenvalue weighted by molar-refractivity contribution is 0.0380. The highest BCUT2D eigenvalue weighted by atomic mass is 32.1. The van der Waals surface area contributed by atoms with Gasteiger partial charge in [-0.1, -0.05) is 4.49 Å². The van der Waals surface area contributed by atoms with Crippen LogP contribution in [0.15, 0.2) is 5.38 Å². The molecule has 1 aliphatic rings. The van der Waals surface area contributed by atoms with Gasteiger partial charge in [0.1, 0.15) is 5.67 Å². The Morgan fingerprint density at radius 1 is 1.67 bits per heavy atom. The summed E-state index contributed by atoms with van der Waals surface area (Å²) in [5, 5.41) is 5.98. The summed E-state index contributed by atoms with van der Waals surface area (Å²) in [5.41, 5.74) is -0.0895. The highest BCUT2D eigenvalue weighted by Crippen LogP contribution is 2.30. The summed E-state index contributed by atoms with van der Waals surface area (Å²) >= 11 is 1.35. The summed E-state index contributed by atoms with van der Waals surface area (Å²) < 4.78 is 17.7. The fraction of sp³-hybridized carbons (Fsp3) is 0.800. The molecular weight excluding hydrogens is 213 g/mol. The number of nitrogens with zero attached hydrogens (tertiary/aromatic N) is 3. The van der Waals surface area contributed by atoms with Crippen molar-refractivity contribution in [3.63, 3.8) is 0 Å². The number of piperidine rings is 1. The van der Waals surface area contributed by atoms with Crippen molar-refractivity contribution in [1.29, 1.82) is 0 Å². The van der Waals surface area contributed by atoms with Crippen molar-refractivity contribution < 1.29 is 4.39 Å². The normalized spacial score (nSPS) is 30.3. The third-order valence-electron chi connectivity index (χ3n) is 3.03. The van der Waals surface area contributed by atoms with Crippen LogP contribution in [0, 0.1) is 0 Å². The second kappa shape index (κ2) is 4.14. The summed E-state index contributed by atoms with van der Waals surface area (Å²) in [7, 11) is 0. The maximum atomic E-state index is 13.8. The number of rotatable bonds is 2. The summed E-state index contributed by atoms with van der Waals surface area (Å²) in [6, 6.07) is 0.180. The van der Waals surface area contributed by atoms with Gasteiger partial charge in [0, 0.05) is 11.9 Å². The average Bonchev–Trinajstić information content (AvgIpc) is 2.67. The number of hydrogen-bond donors (Lipinski definition) is 0. The molecule has 0 radical (unpaired) electrons. The molecule has 84 valence electrons. The lowest BCUT2D eigenvalue weighted by Gasteiger charge is -2.38. The van der Waals surface area contributed by atoms with Gasteiger partial charge in [-0.25, -0.2) is 4.39 Å². The minimum Gasteiger partial charge on any atom is -0.292 e. The Morgan fingerprint density at radius 2 is 2.47 bits per heavy atom. The molecule has 2 atom stereocenters. The molecule has 0 saturated carbocycles. The Morgan fingerprint density at radius 3 is 3.07 bits per heavy atom. The van der Waals surface area contributed by atoms with Crippen LogP contribution in [0.5, 0.6) is 0 Å². The minimum absolute atomic E-state index is 0.180. The van der Waals surface area contributed by atoms with E-state index < -0.39 is 5.67 Å². The van der Waals surface area contributed by atoms with Crippen molar-refractivity contribution in [2.24, 2.45) is 0 Å². The maximum absolute atomic E-state index is 13.8. The zero-order valence-corrected chi connectivity index (χ0v) is 9.93. The highest BCUT2D eigenvalue weighted by Gasteiger charge is 2.33. The number of aromatic nitrogens is 2. The molecule has 3 nitrogen and oxygen atoms in total. The van der Waals surface area contributed by atoms with Crippen LogP contribution in [0.25, 0.3) is 0 Å². The SMILES string of the molecule is CC(c1csnn1)N1CCCC(C)(F)C1. The van der Waals surface area contributed by atoms with Gasteiger partial charge in [0.2, 0.25) is 0 Å². The van der Waals surface area contributed by atoms with Crippen molar-refractivity contribution in [3.05, 3.63) is 11.1 Å². The molecule has 1 aromatic rings. The number of hydrogen-bond acceptors (Lipinski definition) is 4. The van der Waals surface area contributed by atoms with Crippen molar-refractivity contribution in [1.82, 2.24) is 14.5 Å². The van der Waals surface area contributed by atoms with Crippen molar-refractivity contribution >= 4 is 11.5 Å². The Labute approximate surface area is 93.5 Å². The van der Waals surface area contributed by atoms with Gasteiger partial charge >= 0.3 is 0 Å². The first-order chi connectivity index (χ1) is 7.08. The van der Waals surface area contributed by atoms with E-state index in [1.54, 1.807) is 6.92 Å². The molecule has 2 heterocycles. The van der Waals surface area contributed by atoms with E-state index >= 15 is 0 Å². The molecule has 15 heavy (non-hydrogen) atoms. The van der Waals surface area contributed by atoms with Crippen LogP contribution < -0.4 is 0 Å². The molecule has 0 aromatic carbocycles. The maximum Gasteiger partial charge on any atom is 0.121 e. The third-order valence-corrected chi connectivity index (χ3v) is 3.55. The molecular formula is C10H16FN3S. The van der Waals surface area contributed by atoms with Crippen LogP contribution in [-0.4, -0.2) is 33.2 Å². The van der Waals surface area contributed by atoms with Crippen molar-refractivity contribution in [2.45, 2.75) is 38.4 Å². The fourth-order valence-corrected chi connectivity index (χ4v) is 2.64. The van der Waals surface area contributed by atoms with E-state index in [0.717, 1.165) is 18.7 Å². The van der Waals surface area contributed by atoms with Gasteiger partial charge in [0.15, 0.2) is 0 Å². The van der Waals surface area contributed by atoms with E-state index in [1.807, 2.05) is 5.38 Å². The largest absolute Gasteiger partial charge is 0.292 e. The quantitative estimate of drug-likeness (QED) is 0.780. The molecule has 0 aliphatic carbocycles. The lowest BCUT2D eigenvalue weighted by Crippen LogP contribution is -2.44. The second-order valence-electron chi connectivity index (χ2n) is 4.49. The Bertz CT molecular complexity index is 312. The fourth-order valence-electron chi connectivity index (χ4n) is 2.10. The summed E-state index contributed by atoms with van der Waals surface area (Å²) in [5.74, 6) is 0. The molecule has 1 fully saturated rings. The third kappa shape index (κ3) is 2.52. The number of likely N-dealkylation sites (tertiary alicyclic amines) is 1. The van der Waals surface area contributed by atoms with E-state index in [4.69, 9.17) is 0 Å². The van der Waals surface area contributed by atoms with Gasteiger partial charge in [-0.05, 0) is 44.8 Å². The summed E-state index contributed by atoms with van der Waals surface area (Å²) in [4.78, 5) is 2.15. The monoisotopic (exact) mass is 229 g/mol. The van der Waals surface area contributed by atoms with E-state index in [2.05, 4.69) is 21.4 Å². The molecule has 1 aliphatic heterocycles. The molecule has 0 N–H and O–H groups in total. The molecule has 0 bridgehead atoms. The van der Waals surface area contributed by atoms with E-state index in [1.165, 1.54) is 11.5 Å². The predicted molar refractivity (Wildman–Crippen MR) is 58.6 cm³/mol. The Hall–Kier alpha value is -0.550. The van der Waals surface area contributed by atoms with Gasteiger partial charge < -0.3 is 0 Å². The molecule has 1 aromatic heterocycles. The van der Waals surface area contributed by atoms with Crippen LogP contribution >= 0.6 is 11.5 Å². The smallest absolute Gasteiger partial charge is 0.121 e. The first-order valence-electron chi connectivity index (χ1n) is 5.28. The van der Waals surface area contributed by atoms with Gasteiger partial charge in [-0.2, -0.15) is 0 Å². The summed E-state index contributed by atoms with van der Waals surface area (Å²) in [6.07, 6.45) is 1.60. The van der Waals surface area contributed by atoms with Crippen LogP contribution in [0.2, 0.25) is 0 Å². The predicted octanol–water partition coefficient (Wildman–Crippen LogP) is 2.42. The zero-order valence-electron chi connectivity index (χ0n) is 9.11. The van der Waals surface area contributed by atoms with Crippen LogP contribution in [0.3, 0.4) is 0 Å². The molecule has 2 unspecified atom stereocenters. The van der Waals surface area contributed by atoms with Crippen molar-refractivity contribution in [3.8, 4) is 0 Å². The standard InChI is InChI=1S/C10H16FN3S/c1-8(9-6-15-13-12-9)14-5-3-4-10(2,11)7-14/h6,8H,3-5,7H2,1-2H3. The summed E-state index contributed by atoms with van der Waals surface area (Å²) in [6.45, 7) is 5.22. The van der Waals surface area contributed by atoms with Crippen LogP contribution in [-0.2, 0) is 0 Å². The van der Waals surface area contributed by atoms with Crippen LogP contribution in [0.4, 0.5) is 4.39 Å². The molecule has 5 heteroatoms. The number of halogens is 1. The van der Waals surface area contributed by atoms with Crippen molar-refractivity contribution in [2.75, 3.05) is 13.1 Å². The minimum atomic E-state index is -1.05. The topological polar surface area (TPSA) is 29.0 Å². The van der Waals surface area contributed by atoms with Gasteiger partial charge in [0.05, 0.1) is 11.7 Å². The first-order valence-corrected chi connectivity index (χ1v) is 6.12. The Balaban J connectivity index is 2.04. The van der Waals surface area contributed by atoms with Gasteiger partial charge in [-0.15, -0.1) is 5.10 Å². The number of alkyl halides is 1. The highest BCUT2D eigenvalue weighted by molar-refractivity contribution is 7.03. The molecule has 0 amide bonds. The average molecular weight is 229 g/mol. The van der Waals surface area contributed by atoms with Gasteiger partial charge in [0.25, 0.3) is 0 Å². The molecule has 1 saturated heterocycles. The first kappa shape index (κ1) is 11.0. The van der Waals surface area contributed by atoms with E-state index in [-0.39, 0.29) is 6.04 Å². The Kier molecular flexibility index (Phi) is 3.02. The zero-order chi connectivity index (χ0) is 10.9. The molecule has 2 rings (SSSR count). The lowest BCUT2D eigenvalue weighted by atomic mass is 9.95. The van der Waals surface area contributed by atoms with E-state index in [9.17, 15) is 4.39 Å².